The van der Waals surface area contributed by atoms with Crippen molar-refractivity contribution in [3.8, 4) is 0 Å². The van der Waals surface area contributed by atoms with Crippen molar-refractivity contribution in [3.63, 3.8) is 0 Å². The van der Waals surface area contributed by atoms with Crippen LogP contribution in [-0.4, -0.2) is 24.6 Å². The van der Waals surface area contributed by atoms with E-state index in [1.807, 2.05) is 12.1 Å². The molecular formula is C21H32ClN3O2. The van der Waals surface area contributed by atoms with Crippen molar-refractivity contribution in [1.82, 2.24) is 10.7 Å². The minimum atomic E-state index is -0.362. The van der Waals surface area contributed by atoms with Crippen LogP contribution in [0.3, 0.4) is 0 Å². The van der Waals surface area contributed by atoms with Gasteiger partial charge in [-0.3, -0.25) is 9.59 Å². The second-order valence-corrected chi connectivity index (χ2v) is 7.08. The van der Waals surface area contributed by atoms with Gasteiger partial charge in [-0.2, -0.15) is 5.10 Å². The topological polar surface area (TPSA) is 70.6 Å². The van der Waals surface area contributed by atoms with Gasteiger partial charge in [0, 0.05) is 17.0 Å². The van der Waals surface area contributed by atoms with E-state index in [0.29, 0.717) is 17.0 Å². The van der Waals surface area contributed by atoms with Crippen LogP contribution in [0.5, 0.6) is 0 Å². The molecule has 2 N–H and O–H groups in total. The van der Waals surface area contributed by atoms with E-state index in [1.165, 1.54) is 51.2 Å². The van der Waals surface area contributed by atoms with Gasteiger partial charge >= 0.3 is 0 Å². The van der Waals surface area contributed by atoms with Gasteiger partial charge in [0.05, 0.1) is 12.8 Å². The average molecular weight is 394 g/mol. The lowest BCUT2D eigenvalue weighted by Gasteiger charge is -2.05. The van der Waals surface area contributed by atoms with Crippen LogP contribution in [0.2, 0.25) is 5.02 Å². The predicted molar refractivity (Wildman–Crippen MR) is 112 cm³/mol. The van der Waals surface area contributed by atoms with E-state index in [2.05, 4.69) is 22.8 Å². The number of unbranched alkanes of at least 4 members (excludes halogenated alkanes) is 8. The summed E-state index contributed by atoms with van der Waals surface area (Å²) in [7, 11) is 0. The molecule has 1 aromatic rings. The highest BCUT2D eigenvalue weighted by Gasteiger charge is 2.04. The van der Waals surface area contributed by atoms with Gasteiger partial charge in [-0.15, -0.1) is 0 Å². The first-order chi connectivity index (χ1) is 13.1. The van der Waals surface area contributed by atoms with Crippen LogP contribution in [0, 0.1) is 0 Å². The second-order valence-electron chi connectivity index (χ2n) is 6.67. The molecule has 1 aromatic carbocycles. The van der Waals surface area contributed by atoms with Gasteiger partial charge in [0.1, 0.15) is 0 Å². The summed E-state index contributed by atoms with van der Waals surface area (Å²) in [5.74, 6) is -0.457. The highest BCUT2D eigenvalue weighted by atomic mass is 35.5. The number of amides is 2. The van der Waals surface area contributed by atoms with E-state index in [0.717, 1.165) is 12.8 Å². The molecule has 2 amide bonds. The van der Waals surface area contributed by atoms with Crippen LogP contribution >= 0.6 is 11.6 Å². The SMILES string of the molecule is CCCCCCCCCCCC(=O)NCC(=O)N/N=C\c1ccccc1Cl. The fraction of sp³-hybridized carbons (Fsp3) is 0.571. The lowest BCUT2D eigenvalue weighted by Crippen LogP contribution is -2.34. The Labute approximate surface area is 167 Å². The van der Waals surface area contributed by atoms with Crippen molar-refractivity contribution in [2.75, 3.05) is 6.54 Å². The largest absolute Gasteiger partial charge is 0.347 e. The number of hydrazone groups is 1. The number of carbonyl (C=O) groups excluding carboxylic acids is 2. The van der Waals surface area contributed by atoms with E-state index in [9.17, 15) is 9.59 Å². The number of benzene rings is 1. The van der Waals surface area contributed by atoms with Gasteiger partial charge in [-0.05, 0) is 12.5 Å². The number of rotatable bonds is 14. The Kier molecular flexibility index (Phi) is 13.0. The number of nitrogens with one attached hydrogen (secondary N) is 2. The van der Waals surface area contributed by atoms with Gasteiger partial charge in [0.15, 0.2) is 0 Å². The molecule has 0 aliphatic heterocycles. The fourth-order valence-electron chi connectivity index (χ4n) is 2.66. The molecule has 0 radical (unpaired) electrons. The van der Waals surface area contributed by atoms with E-state index in [4.69, 9.17) is 11.6 Å². The van der Waals surface area contributed by atoms with E-state index >= 15 is 0 Å². The third-order valence-corrected chi connectivity index (χ3v) is 4.60. The summed E-state index contributed by atoms with van der Waals surface area (Å²) in [4.78, 5) is 23.4. The zero-order valence-electron chi connectivity index (χ0n) is 16.3. The van der Waals surface area contributed by atoms with Crippen LogP contribution in [0.4, 0.5) is 0 Å². The molecule has 0 saturated heterocycles. The molecule has 0 aromatic heterocycles. The summed E-state index contributed by atoms with van der Waals surface area (Å²) in [6.07, 6.45) is 12.9. The molecule has 0 heterocycles. The summed E-state index contributed by atoms with van der Waals surface area (Å²) in [6, 6.07) is 7.20. The van der Waals surface area contributed by atoms with Crippen molar-refractivity contribution in [2.24, 2.45) is 5.10 Å². The second kappa shape index (κ2) is 15.2. The molecule has 27 heavy (non-hydrogen) atoms. The Balaban J connectivity index is 2.02. The number of hydrogen-bond acceptors (Lipinski definition) is 3. The van der Waals surface area contributed by atoms with Crippen molar-refractivity contribution in [3.05, 3.63) is 34.9 Å². The quantitative estimate of drug-likeness (QED) is 0.270. The highest BCUT2D eigenvalue weighted by molar-refractivity contribution is 6.33. The zero-order valence-corrected chi connectivity index (χ0v) is 17.1. The van der Waals surface area contributed by atoms with E-state index in [-0.39, 0.29) is 18.4 Å². The fourth-order valence-corrected chi connectivity index (χ4v) is 2.84. The molecule has 0 aliphatic rings. The zero-order chi connectivity index (χ0) is 19.7. The van der Waals surface area contributed by atoms with E-state index < -0.39 is 0 Å². The lowest BCUT2D eigenvalue weighted by atomic mass is 10.1. The van der Waals surface area contributed by atoms with Crippen LogP contribution < -0.4 is 10.7 Å². The normalized spacial score (nSPS) is 10.9. The molecule has 6 heteroatoms. The first-order valence-electron chi connectivity index (χ1n) is 9.96. The maximum Gasteiger partial charge on any atom is 0.259 e. The molecule has 0 spiro atoms. The Morgan fingerprint density at radius 3 is 2.26 bits per heavy atom. The maximum absolute atomic E-state index is 11.7. The van der Waals surface area contributed by atoms with Crippen LogP contribution in [0.1, 0.15) is 76.7 Å². The van der Waals surface area contributed by atoms with Gasteiger partial charge < -0.3 is 5.32 Å². The Morgan fingerprint density at radius 1 is 0.963 bits per heavy atom. The summed E-state index contributed by atoms with van der Waals surface area (Å²) in [5, 5.41) is 7.02. The molecule has 5 nitrogen and oxygen atoms in total. The molecular weight excluding hydrogens is 362 g/mol. The third-order valence-electron chi connectivity index (χ3n) is 4.25. The summed E-state index contributed by atoms with van der Waals surface area (Å²) >= 11 is 5.99. The van der Waals surface area contributed by atoms with Crippen molar-refractivity contribution < 1.29 is 9.59 Å². The summed E-state index contributed by atoms with van der Waals surface area (Å²) in [6.45, 7) is 2.15. The monoisotopic (exact) mass is 393 g/mol. The minimum absolute atomic E-state index is 0.0733. The van der Waals surface area contributed by atoms with Crippen LogP contribution in [0.15, 0.2) is 29.4 Å². The first kappa shape index (κ1) is 23.2. The smallest absolute Gasteiger partial charge is 0.259 e. The standard InChI is InChI=1S/C21H32ClN3O2/c1-2-3-4-5-6-7-8-9-10-15-20(26)23-17-21(27)25-24-16-18-13-11-12-14-19(18)22/h11-14,16H,2-10,15,17H2,1H3,(H,23,26)(H,25,27)/b24-16-. The molecule has 0 atom stereocenters. The van der Waals surface area contributed by atoms with Gasteiger partial charge in [0.25, 0.3) is 5.91 Å². The number of halogens is 1. The number of nitrogens with zero attached hydrogens (tertiary/aromatic N) is 1. The van der Waals surface area contributed by atoms with Crippen molar-refractivity contribution in [1.29, 1.82) is 0 Å². The Morgan fingerprint density at radius 2 is 1.59 bits per heavy atom. The molecule has 0 saturated carbocycles. The lowest BCUT2D eigenvalue weighted by molar-refractivity contribution is -0.126. The van der Waals surface area contributed by atoms with Gasteiger partial charge in [-0.1, -0.05) is 88.1 Å². The summed E-state index contributed by atoms with van der Waals surface area (Å²) in [5.41, 5.74) is 3.09. The minimum Gasteiger partial charge on any atom is -0.347 e. The average Bonchev–Trinajstić information content (AvgIpc) is 2.66. The molecule has 1 rings (SSSR count). The number of carbonyl (C=O) groups is 2. The molecule has 0 bridgehead atoms. The first-order valence-corrected chi connectivity index (χ1v) is 10.3. The highest BCUT2D eigenvalue weighted by Crippen LogP contribution is 2.12. The Bertz CT molecular complexity index is 591. The summed E-state index contributed by atoms with van der Waals surface area (Å²) < 4.78 is 0. The van der Waals surface area contributed by atoms with Crippen LogP contribution in [-0.2, 0) is 9.59 Å². The number of hydrogen-bond donors (Lipinski definition) is 2. The maximum atomic E-state index is 11.7. The van der Waals surface area contributed by atoms with Gasteiger partial charge in [0.2, 0.25) is 5.91 Å². The van der Waals surface area contributed by atoms with Crippen molar-refractivity contribution >= 4 is 29.6 Å². The Hall–Kier alpha value is -1.88. The van der Waals surface area contributed by atoms with Gasteiger partial charge in [-0.25, -0.2) is 5.43 Å². The van der Waals surface area contributed by atoms with Crippen LogP contribution in [0.25, 0.3) is 0 Å². The van der Waals surface area contributed by atoms with E-state index in [1.54, 1.807) is 12.1 Å². The third kappa shape index (κ3) is 12.2. The molecule has 0 aliphatic carbocycles. The van der Waals surface area contributed by atoms with Crippen molar-refractivity contribution in [2.45, 2.75) is 71.1 Å². The molecule has 0 unspecified atom stereocenters. The molecule has 0 fully saturated rings. The predicted octanol–water partition coefficient (Wildman–Crippen LogP) is 4.83. The molecule has 150 valence electrons.